The van der Waals surface area contributed by atoms with Gasteiger partial charge in [-0.15, -0.1) is 10.2 Å². The first-order valence-electron chi connectivity index (χ1n) is 9.81. The fourth-order valence-electron chi connectivity index (χ4n) is 3.68. The summed E-state index contributed by atoms with van der Waals surface area (Å²) < 4.78 is 0. The van der Waals surface area contributed by atoms with Crippen LogP contribution < -0.4 is 10.2 Å². The van der Waals surface area contributed by atoms with Gasteiger partial charge in [0.15, 0.2) is 5.82 Å². The molecule has 144 valence electrons. The number of rotatable bonds is 5. The number of carbonyl (C=O) groups excluding carboxylic acids is 1. The first kappa shape index (κ1) is 18.2. The van der Waals surface area contributed by atoms with E-state index in [0.717, 1.165) is 42.2 Å². The van der Waals surface area contributed by atoms with Crippen LogP contribution in [0.25, 0.3) is 10.8 Å². The molecular formula is C22H25N5O. The zero-order valence-corrected chi connectivity index (χ0v) is 16.1. The zero-order chi connectivity index (χ0) is 19.3. The molecule has 0 unspecified atom stereocenters. The molecule has 1 aliphatic heterocycles. The molecule has 0 atom stereocenters. The van der Waals surface area contributed by atoms with Crippen molar-refractivity contribution in [3.8, 4) is 0 Å². The highest BCUT2D eigenvalue weighted by molar-refractivity contribution is 5.90. The number of nitrogens with zero attached hydrogens (tertiary/aromatic N) is 4. The second kappa shape index (κ2) is 8.25. The molecule has 2 heterocycles. The lowest BCUT2D eigenvalue weighted by Gasteiger charge is -2.35. The number of hydrogen-bond acceptors (Lipinski definition) is 5. The predicted octanol–water partition coefficient (Wildman–Crippen LogP) is 2.95. The lowest BCUT2D eigenvalue weighted by molar-refractivity contribution is -0.130. The van der Waals surface area contributed by atoms with Crippen molar-refractivity contribution in [2.24, 2.45) is 0 Å². The van der Waals surface area contributed by atoms with E-state index in [1.165, 1.54) is 5.39 Å². The average molecular weight is 375 g/mol. The van der Waals surface area contributed by atoms with E-state index < -0.39 is 0 Å². The minimum Gasteiger partial charge on any atom is -0.369 e. The molecule has 6 nitrogen and oxygen atoms in total. The van der Waals surface area contributed by atoms with Crippen LogP contribution in [0.2, 0.25) is 0 Å². The van der Waals surface area contributed by atoms with Crippen molar-refractivity contribution in [1.82, 2.24) is 15.1 Å². The molecule has 0 aliphatic carbocycles. The molecule has 1 amide bonds. The molecule has 2 aromatic carbocycles. The van der Waals surface area contributed by atoms with E-state index in [-0.39, 0.29) is 5.91 Å². The Kier molecular flexibility index (Phi) is 5.37. The Labute approximate surface area is 165 Å². The topological polar surface area (TPSA) is 61.4 Å². The first-order chi connectivity index (χ1) is 13.7. The highest BCUT2D eigenvalue weighted by atomic mass is 16.2. The Bertz CT molecular complexity index is 943. The van der Waals surface area contributed by atoms with Gasteiger partial charge in [-0.05, 0) is 35.4 Å². The number of fused-ring (bicyclic) bond motifs is 1. The SMILES string of the molecule is CCNc1ccc(N2CCN(C(=O)Cc3cccc4ccccc34)CC2)nn1. The lowest BCUT2D eigenvalue weighted by Crippen LogP contribution is -2.49. The largest absolute Gasteiger partial charge is 0.369 e. The highest BCUT2D eigenvalue weighted by Gasteiger charge is 2.22. The maximum Gasteiger partial charge on any atom is 0.227 e. The van der Waals surface area contributed by atoms with E-state index in [2.05, 4.69) is 44.7 Å². The minimum atomic E-state index is 0.185. The van der Waals surface area contributed by atoms with Gasteiger partial charge in [-0.2, -0.15) is 0 Å². The summed E-state index contributed by atoms with van der Waals surface area (Å²) >= 11 is 0. The van der Waals surface area contributed by atoms with Crippen LogP contribution in [-0.4, -0.2) is 53.7 Å². The van der Waals surface area contributed by atoms with Gasteiger partial charge in [0.2, 0.25) is 5.91 Å². The van der Waals surface area contributed by atoms with Crippen molar-refractivity contribution in [2.75, 3.05) is 42.9 Å². The van der Waals surface area contributed by atoms with Crippen molar-refractivity contribution in [3.63, 3.8) is 0 Å². The lowest BCUT2D eigenvalue weighted by atomic mass is 10.0. The molecule has 0 saturated carbocycles. The molecule has 3 aromatic rings. The van der Waals surface area contributed by atoms with Crippen molar-refractivity contribution in [2.45, 2.75) is 13.3 Å². The smallest absolute Gasteiger partial charge is 0.227 e. The number of carbonyl (C=O) groups is 1. The summed E-state index contributed by atoms with van der Waals surface area (Å²) in [5.41, 5.74) is 1.09. The summed E-state index contributed by atoms with van der Waals surface area (Å²) in [7, 11) is 0. The van der Waals surface area contributed by atoms with Crippen LogP contribution in [0, 0.1) is 0 Å². The Morgan fingerprint density at radius 3 is 2.50 bits per heavy atom. The minimum absolute atomic E-state index is 0.185. The summed E-state index contributed by atoms with van der Waals surface area (Å²) in [6.45, 7) is 5.82. The second-order valence-electron chi connectivity index (χ2n) is 6.99. The van der Waals surface area contributed by atoms with Gasteiger partial charge >= 0.3 is 0 Å². The second-order valence-corrected chi connectivity index (χ2v) is 6.99. The van der Waals surface area contributed by atoms with Crippen LogP contribution >= 0.6 is 0 Å². The van der Waals surface area contributed by atoms with Crippen molar-refractivity contribution >= 4 is 28.3 Å². The number of hydrogen-bond donors (Lipinski definition) is 1. The molecule has 1 saturated heterocycles. The van der Waals surface area contributed by atoms with Gasteiger partial charge in [0.1, 0.15) is 5.82 Å². The van der Waals surface area contributed by atoms with Gasteiger partial charge in [0.05, 0.1) is 6.42 Å². The summed E-state index contributed by atoms with van der Waals surface area (Å²) in [6, 6.07) is 18.3. The standard InChI is InChI=1S/C22H25N5O/c1-2-23-20-10-11-21(25-24-20)26-12-14-27(15-13-26)22(28)16-18-8-5-7-17-6-3-4-9-19(17)18/h3-11H,2,12-16H2,1H3,(H,23,24). The zero-order valence-electron chi connectivity index (χ0n) is 16.1. The molecule has 0 bridgehead atoms. The number of benzene rings is 2. The Morgan fingerprint density at radius 1 is 0.964 bits per heavy atom. The van der Waals surface area contributed by atoms with Crippen LogP contribution in [-0.2, 0) is 11.2 Å². The Hall–Kier alpha value is -3.15. The molecule has 4 rings (SSSR count). The summed E-state index contributed by atoms with van der Waals surface area (Å²) in [4.78, 5) is 17.0. The maximum atomic E-state index is 12.8. The van der Waals surface area contributed by atoms with E-state index in [0.29, 0.717) is 19.5 Å². The Morgan fingerprint density at radius 2 is 1.75 bits per heavy atom. The van der Waals surface area contributed by atoms with E-state index in [9.17, 15) is 4.79 Å². The molecule has 0 radical (unpaired) electrons. The van der Waals surface area contributed by atoms with Crippen LogP contribution in [0.1, 0.15) is 12.5 Å². The monoisotopic (exact) mass is 375 g/mol. The fraction of sp³-hybridized carbons (Fsp3) is 0.318. The molecular weight excluding hydrogens is 350 g/mol. The predicted molar refractivity (Wildman–Crippen MR) is 113 cm³/mol. The highest BCUT2D eigenvalue weighted by Crippen LogP contribution is 2.20. The van der Waals surface area contributed by atoms with Gasteiger partial charge in [0.25, 0.3) is 0 Å². The molecule has 6 heteroatoms. The normalized spacial score (nSPS) is 14.3. The van der Waals surface area contributed by atoms with Gasteiger partial charge in [-0.25, -0.2) is 0 Å². The summed E-state index contributed by atoms with van der Waals surface area (Å²) in [5, 5.41) is 14.0. The summed E-state index contributed by atoms with van der Waals surface area (Å²) in [5.74, 6) is 1.84. The van der Waals surface area contributed by atoms with E-state index >= 15 is 0 Å². The molecule has 0 spiro atoms. The van der Waals surface area contributed by atoms with Crippen LogP contribution in [0.4, 0.5) is 11.6 Å². The molecule has 1 aliphatic rings. The third-order valence-corrected chi connectivity index (χ3v) is 5.19. The maximum absolute atomic E-state index is 12.8. The van der Waals surface area contributed by atoms with Gasteiger partial charge < -0.3 is 15.1 Å². The Balaban J connectivity index is 1.37. The first-order valence-corrected chi connectivity index (χ1v) is 9.81. The van der Waals surface area contributed by atoms with Crippen molar-refractivity contribution in [3.05, 3.63) is 60.2 Å². The van der Waals surface area contributed by atoms with E-state index in [4.69, 9.17) is 0 Å². The van der Waals surface area contributed by atoms with Crippen LogP contribution in [0.15, 0.2) is 54.6 Å². The molecule has 1 aromatic heterocycles. The number of aromatic nitrogens is 2. The van der Waals surface area contributed by atoms with Gasteiger partial charge in [-0.3, -0.25) is 4.79 Å². The van der Waals surface area contributed by atoms with Crippen LogP contribution in [0.3, 0.4) is 0 Å². The average Bonchev–Trinajstić information content (AvgIpc) is 2.75. The fourth-order valence-corrected chi connectivity index (χ4v) is 3.68. The number of nitrogens with one attached hydrogen (secondary N) is 1. The molecule has 1 fully saturated rings. The van der Waals surface area contributed by atoms with E-state index in [1.807, 2.05) is 42.2 Å². The quantitative estimate of drug-likeness (QED) is 0.743. The number of amides is 1. The summed E-state index contributed by atoms with van der Waals surface area (Å²) in [6.07, 6.45) is 0.443. The van der Waals surface area contributed by atoms with Crippen molar-refractivity contribution < 1.29 is 4.79 Å². The molecule has 1 N–H and O–H groups in total. The third-order valence-electron chi connectivity index (χ3n) is 5.19. The van der Waals surface area contributed by atoms with Crippen LogP contribution in [0.5, 0.6) is 0 Å². The van der Waals surface area contributed by atoms with Crippen molar-refractivity contribution in [1.29, 1.82) is 0 Å². The van der Waals surface area contributed by atoms with Gasteiger partial charge in [0, 0.05) is 32.7 Å². The number of piperazine rings is 1. The van der Waals surface area contributed by atoms with Gasteiger partial charge in [-0.1, -0.05) is 42.5 Å². The molecule has 28 heavy (non-hydrogen) atoms. The van der Waals surface area contributed by atoms with E-state index in [1.54, 1.807) is 0 Å². The third kappa shape index (κ3) is 3.91. The number of anilines is 2.